The number of halogens is 1. The molecule has 2 aromatic carbocycles. The third-order valence-electron chi connectivity index (χ3n) is 5.71. The molecule has 0 atom stereocenters. The van der Waals surface area contributed by atoms with Gasteiger partial charge in [0.05, 0.1) is 5.56 Å². The maximum atomic E-state index is 14.7. The molecule has 0 radical (unpaired) electrons. The zero-order chi connectivity index (χ0) is 22.1. The van der Waals surface area contributed by atoms with Gasteiger partial charge in [-0.25, -0.2) is 4.39 Å². The molecule has 0 fully saturated rings. The Kier molecular flexibility index (Phi) is 5.26. The number of anilines is 1. The number of nitrogens with one attached hydrogen (secondary N) is 1. The van der Waals surface area contributed by atoms with Crippen LogP contribution in [-0.4, -0.2) is 25.8 Å². The van der Waals surface area contributed by atoms with Gasteiger partial charge in [0.25, 0.3) is 5.91 Å². The molecule has 0 bridgehead atoms. The number of hydrogen-bond donors (Lipinski definition) is 1. The second-order valence-corrected chi connectivity index (χ2v) is 7.88. The van der Waals surface area contributed by atoms with Crippen LogP contribution in [0.4, 0.5) is 10.1 Å². The number of rotatable bonds is 4. The number of aryl methyl sites for hydroxylation is 2. The van der Waals surface area contributed by atoms with E-state index in [1.165, 1.54) is 12.1 Å². The Morgan fingerprint density at radius 2 is 1.94 bits per heavy atom. The lowest BCUT2D eigenvalue weighted by Crippen LogP contribution is -2.14. The number of nitrogens with zero attached hydrogens (tertiary/aromatic N) is 4. The van der Waals surface area contributed by atoms with Gasteiger partial charge in [-0.05, 0) is 38.0 Å². The maximum Gasteiger partial charge on any atom is 0.261 e. The normalized spacial score (nSPS) is 13.4. The summed E-state index contributed by atoms with van der Waals surface area (Å²) < 4.78 is 22.0. The molecule has 0 saturated carbocycles. The fourth-order valence-corrected chi connectivity index (χ4v) is 4.08. The zero-order valence-corrected chi connectivity index (χ0v) is 17.6. The van der Waals surface area contributed by atoms with E-state index in [1.54, 1.807) is 13.0 Å². The Bertz CT molecular complexity index is 1280. The first-order valence-corrected chi connectivity index (χ1v) is 10.7. The molecule has 0 saturated heterocycles. The van der Waals surface area contributed by atoms with Crippen LogP contribution in [0.1, 0.15) is 41.2 Å². The molecule has 1 amide bonds. The van der Waals surface area contributed by atoms with Gasteiger partial charge in [0.15, 0.2) is 5.82 Å². The summed E-state index contributed by atoms with van der Waals surface area (Å²) in [7, 11) is 0. The average molecular weight is 431 g/mol. The van der Waals surface area contributed by atoms with E-state index in [-0.39, 0.29) is 5.91 Å². The van der Waals surface area contributed by atoms with Crippen molar-refractivity contribution in [2.24, 2.45) is 0 Å². The highest BCUT2D eigenvalue weighted by Gasteiger charge is 2.23. The Balaban J connectivity index is 1.47. The summed E-state index contributed by atoms with van der Waals surface area (Å²) in [6, 6.07) is 13.8. The van der Waals surface area contributed by atoms with Gasteiger partial charge in [0, 0.05) is 24.2 Å². The lowest BCUT2D eigenvalue weighted by atomic mass is 10.1. The smallest absolute Gasteiger partial charge is 0.261 e. The number of aromatic nitrogens is 4. The van der Waals surface area contributed by atoms with Crippen LogP contribution in [0.25, 0.3) is 22.6 Å². The Morgan fingerprint density at radius 3 is 2.78 bits per heavy atom. The third-order valence-corrected chi connectivity index (χ3v) is 5.71. The number of carbonyl (C=O) groups is 1. The summed E-state index contributed by atoms with van der Waals surface area (Å²) >= 11 is 0. The highest BCUT2D eigenvalue weighted by atomic mass is 19.1. The number of hydrogen-bond acceptors (Lipinski definition) is 5. The van der Waals surface area contributed by atoms with E-state index in [0.717, 1.165) is 43.6 Å². The summed E-state index contributed by atoms with van der Waals surface area (Å²) in [5.41, 5.74) is 2.36. The number of fused-ring (bicyclic) bond motifs is 1. The molecule has 3 heterocycles. The fraction of sp³-hybridized carbons (Fsp3) is 0.250. The molecule has 4 aromatic rings. The van der Waals surface area contributed by atoms with Gasteiger partial charge in [0.1, 0.15) is 28.7 Å². The van der Waals surface area contributed by atoms with Crippen molar-refractivity contribution in [3.63, 3.8) is 0 Å². The van der Waals surface area contributed by atoms with E-state index in [1.807, 2.05) is 34.9 Å². The molecule has 1 aliphatic heterocycles. The van der Waals surface area contributed by atoms with Crippen molar-refractivity contribution in [2.45, 2.75) is 39.2 Å². The Morgan fingerprint density at radius 1 is 1.09 bits per heavy atom. The molecular formula is C24H22FN5O2. The van der Waals surface area contributed by atoms with E-state index < -0.39 is 5.82 Å². The van der Waals surface area contributed by atoms with E-state index >= 15 is 0 Å². The summed E-state index contributed by atoms with van der Waals surface area (Å²) in [6.07, 6.45) is 4.01. The Hall–Kier alpha value is -3.81. The van der Waals surface area contributed by atoms with Gasteiger partial charge in [-0.2, -0.15) is 0 Å². The van der Waals surface area contributed by atoms with Crippen LogP contribution in [0, 0.1) is 12.7 Å². The molecule has 2 aromatic heterocycles. The van der Waals surface area contributed by atoms with Gasteiger partial charge >= 0.3 is 0 Å². The van der Waals surface area contributed by atoms with Crippen LogP contribution < -0.4 is 5.32 Å². The van der Waals surface area contributed by atoms with Crippen molar-refractivity contribution in [1.29, 1.82) is 0 Å². The standard InChI is InChI=1S/C24H22FN5O2/c1-15-21(22(29-32-15)16-8-4-2-5-9-16)24(31)26-17-11-12-19(25)18(14-17)23-28-27-20-10-6-3-7-13-30(20)23/h2,4-5,8-9,11-12,14H,3,6-7,10,13H2,1H3,(H,26,31). The number of amides is 1. The predicted octanol–water partition coefficient (Wildman–Crippen LogP) is 5.03. The van der Waals surface area contributed by atoms with E-state index in [9.17, 15) is 9.18 Å². The predicted molar refractivity (Wildman–Crippen MR) is 118 cm³/mol. The fourth-order valence-electron chi connectivity index (χ4n) is 4.08. The minimum atomic E-state index is -0.409. The van der Waals surface area contributed by atoms with Crippen molar-refractivity contribution in [3.05, 3.63) is 71.5 Å². The van der Waals surface area contributed by atoms with Crippen LogP contribution in [-0.2, 0) is 13.0 Å². The van der Waals surface area contributed by atoms with Crippen molar-refractivity contribution >= 4 is 11.6 Å². The molecule has 7 nitrogen and oxygen atoms in total. The second kappa shape index (κ2) is 8.37. The minimum Gasteiger partial charge on any atom is -0.360 e. The zero-order valence-electron chi connectivity index (χ0n) is 17.6. The van der Waals surface area contributed by atoms with E-state index in [2.05, 4.69) is 20.7 Å². The molecule has 5 rings (SSSR count). The molecule has 0 aliphatic carbocycles. The summed E-state index contributed by atoms with van der Waals surface area (Å²) in [5.74, 6) is 0.987. The van der Waals surface area contributed by atoms with Crippen LogP contribution in [0.3, 0.4) is 0 Å². The molecule has 8 heteroatoms. The first-order chi connectivity index (χ1) is 15.6. The monoisotopic (exact) mass is 431 g/mol. The third kappa shape index (κ3) is 3.68. The van der Waals surface area contributed by atoms with Crippen LogP contribution >= 0.6 is 0 Å². The number of carbonyl (C=O) groups excluding carboxylic acids is 1. The molecular weight excluding hydrogens is 409 g/mol. The Labute approximate surface area is 184 Å². The van der Waals surface area contributed by atoms with Crippen molar-refractivity contribution in [3.8, 4) is 22.6 Å². The molecule has 1 N–H and O–H groups in total. The molecule has 0 spiro atoms. The van der Waals surface area contributed by atoms with Gasteiger partial charge in [0.2, 0.25) is 0 Å². The average Bonchev–Trinajstić information content (AvgIpc) is 3.31. The summed E-state index contributed by atoms with van der Waals surface area (Å²) in [5, 5.41) is 15.4. The minimum absolute atomic E-state index is 0.314. The quantitative estimate of drug-likeness (QED) is 0.490. The molecule has 162 valence electrons. The highest BCUT2D eigenvalue weighted by Crippen LogP contribution is 2.29. The van der Waals surface area contributed by atoms with E-state index in [4.69, 9.17) is 4.52 Å². The largest absolute Gasteiger partial charge is 0.360 e. The molecule has 32 heavy (non-hydrogen) atoms. The van der Waals surface area contributed by atoms with Crippen molar-refractivity contribution < 1.29 is 13.7 Å². The summed E-state index contributed by atoms with van der Waals surface area (Å²) in [6.45, 7) is 2.45. The maximum absolute atomic E-state index is 14.7. The highest BCUT2D eigenvalue weighted by molar-refractivity contribution is 6.09. The van der Waals surface area contributed by atoms with Crippen molar-refractivity contribution in [1.82, 2.24) is 19.9 Å². The SMILES string of the molecule is Cc1onc(-c2ccccc2)c1C(=O)Nc1ccc(F)c(-c2nnc3n2CCCCC3)c1. The molecule has 1 aliphatic rings. The van der Waals surface area contributed by atoms with Gasteiger partial charge in [-0.3, -0.25) is 4.79 Å². The lowest BCUT2D eigenvalue weighted by molar-refractivity contribution is 0.102. The van der Waals surface area contributed by atoms with Gasteiger partial charge < -0.3 is 14.4 Å². The number of benzene rings is 2. The first-order valence-electron chi connectivity index (χ1n) is 10.7. The summed E-state index contributed by atoms with van der Waals surface area (Å²) in [4.78, 5) is 13.1. The first kappa shape index (κ1) is 20.1. The van der Waals surface area contributed by atoms with Crippen molar-refractivity contribution in [2.75, 3.05) is 5.32 Å². The molecule has 0 unspecified atom stereocenters. The van der Waals surface area contributed by atoms with Gasteiger partial charge in [-0.15, -0.1) is 10.2 Å². The van der Waals surface area contributed by atoms with Gasteiger partial charge in [-0.1, -0.05) is 41.9 Å². The lowest BCUT2D eigenvalue weighted by Gasteiger charge is -2.11. The second-order valence-electron chi connectivity index (χ2n) is 7.88. The van der Waals surface area contributed by atoms with Crippen LogP contribution in [0.5, 0.6) is 0 Å². The van der Waals surface area contributed by atoms with Crippen LogP contribution in [0.2, 0.25) is 0 Å². The van der Waals surface area contributed by atoms with Crippen LogP contribution in [0.15, 0.2) is 53.1 Å². The topological polar surface area (TPSA) is 85.8 Å². The van der Waals surface area contributed by atoms with E-state index in [0.29, 0.717) is 34.1 Å².